The highest BCUT2D eigenvalue weighted by molar-refractivity contribution is 9.10. The summed E-state index contributed by atoms with van der Waals surface area (Å²) in [4.78, 5) is 13.1. The van der Waals surface area contributed by atoms with Crippen molar-refractivity contribution in [2.75, 3.05) is 26.9 Å². The molecule has 1 fully saturated rings. The lowest BCUT2D eigenvalue weighted by Crippen LogP contribution is -2.49. The Hall–Kier alpha value is -1.11. The predicted molar refractivity (Wildman–Crippen MR) is 73.3 cm³/mol. The van der Waals surface area contributed by atoms with Gasteiger partial charge in [-0.25, -0.2) is 0 Å². The summed E-state index contributed by atoms with van der Waals surface area (Å²) in [5.41, 5.74) is 1.04. The standard InChI is InChI=1S/C13H16BrNO4/c1-18-12-3-2-9(6-10(12)14)7-15-4-5-19-8-11(15)13(16)17/h2-3,6,11H,4-5,7-8H2,1H3,(H,16,17). The minimum Gasteiger partial charge on any atom is -0.496 e. The van der Waals surface area contributed by atoms with Gasteiger partial charge in [-0.2, -0.15) is 0 Å². The highest BCUT2D eigenvalue weighted by Crippen LogP contribution is 2.26. The van der Waals surface area contributed by atoms with E-state index in [4.69, 9.17) is 9.47 Å². The zero-order chi connectivity index (χ0) is 13.8. The maximum atomic E-state index is 11.2. The molecular weight excluding hydrogens is 314 g/mol. The summed E-state index contributed by atoms with van der Waals surface area (Å²) in [5, 5.41) is 9.17. The van der Waals surface area contributed by atoms with Crippen LogP contribution in [0.1, 0.15) is 5.56 Å². The number of hydrogen-bond donors (Lipinski definition) is 1. The second kappa shape index (κ2) is 6.36. The lowest BCUT2D eigenvalue weighted by Gasteiger charge is -2.32. The number of carbonyl (C=O) groups is 1. The van der Waals surface area contributed by atoms with Gasteiger partial charge in [0.2, 0.25) is 0 Å². The highest BCUT2D eigenvalue weighted by atomic mass is 79.9. The smallest absolute Gasteiger partial charge is 0.323 e. The van der Waals surface area contributed by atoms with E-state index in [1.807, 2.05) is 23.1 Å². The van der Waals surface area contributed by atoms with Gasteiger partial charge in [-0.1, -0.05) is 6.07 Å². The number of methoxy groups -OCH3 is 1. The highest BCUT2D eigenvalue weighted by Gasteiger charge is 2.29. The van der Waals surface area contributed by atoms with Crippen molar-refractivity contribution in [3.05, 3.63) is 28.2 Å². The summed E-state index contributed by atoms with van der Waals surface area (Å²) >= 11 is 3.43. The van der Waals surface area contributed by atoms with Crippen LogP contribution in [0.5, 0.6) is 5.75 Å². The van der Waals surface area contributed by atoms with Crippen LogP contribution >= 0.6 is 15.9 Å². The fourth-order valence-electron chi connectivity index (χ4n) is 2.10. The average molecular weight is 330 g/mol. The van der Waals surface area contributed by atoms with Crippen molar-refractivity contribution in [2.45, 2.75) is 12.6 Å². The first-order valence-electron chi connectivity index (χ1n) is 5.99. The zero-order valence-corrected chi connectivity index (χ0v) is 12.2. The molecule has 0 radical (unpaired) electrons. The third kappa shape index (κ3) is 3.46. The van der Waals surface area contributed by atoms with Crippen LogP contribution in [0.15, 0.2) is 22.7 Å². The van der Waals surface area contributed by atoms with Gasteiger partial charge in [-0.15, -0.1) is 0 Å². The lowest BCUT2D eigenvalue weighted by molar-refractivity contribution is -0.150. The summed E-state index contributed by atoms with van der Waals surface area (Å²) in [7, 11) is 1.61. The summed E-state index contributed by atoms with van der Waals surface area (Å²) in [5.74, 6) is -0.0761. The molecule has 5 nitrogen and oxygen atoms in total. The monoisotopic (exact) mass is 329 g/mol. The van der Waals surface area contributed by atoms with Crippen LogP contribution < -0.4 is 4.74 Å². The van der Waals surface area contributed by atoms with Crippen molar-refractivity contribution >= 4 is 21.9 Å². The number of benzene rings is 1. The molecular formula is C13H16BrNO4. The average Bonchev–Trinajstić information content (AvgIpc) is 2.39. The molecule has 1 atom stereocenters. The van der Waals surface area contributed by atoms with E-state index in [-0.39, 0.29) is 6.61 Å². The number of morpholine rings is 1. The number of carboxylic acid groups (broad SMARTS) is 1. The molecule has 0 aliphatic carbocycles. The van der Waals surface area contributed by atoms with E-state index in [2.05, 4.69) is 15.9 Å². The number of aliphatic carboxylic acids is 1. The first kappa shape index (κ1) is 14.3. The molecule has 0 spiro atoms. The molecule has 1 aromatic rings. The molecule has 1 unspecified atom stereocenters. The largest absolute Gasteiger partial charge is 0.496 e. The third-order valence-corrected chi connectivity index (χ3v) is 3.75. The molecule has 1 aromatic carbocycles. The molecule has 0 aromatic heterocycles. The van der Waals surface area contributed by atoms with Crippen LogP contribution in [-0.2, 0) is 16.1 Å². The Kier molecular flexibility index (Phi) is 4.79. The minimum atomic E-state index is -0.840. The third-order valence-electron chi connectivity index (χ3n) is 3.13. The molecule has 1 aliphatic rings. The molecule has 1 heterocycles. The lowest BCUT2D eigenvalue weighted by atomic mass is 10.1. The molecule has 104 valence electrons. The quantitative estimate of drug-likeness (QED) is 0.911. The van der Waals surface area contributed by atoms with Crippen molar-refractivity contribution in [1.82, 2.24) is 4.90 Å². The van der Waals surface area contributed by atoms with E-state index in [0.717, 1.165) is 15.8 Å². The van der Waals surface area contributed by atoms with Crippen molar-refractivity contribution in [1.29, 1.82) is 0 Å². The second-order valence-corrected chi connectivity index (χ2v) is 5.22. The van der Waals surface area contributed by atoms with Gasteiger partial charge in [-0.05, 0) is 33.6 Å². The van der Waals surface area contributed by atoms with Crippen LogP contribution in [0.4, 0.5) is 0 Å². The molecule has 0 saturated carbocycles. The Labute approximate surface area is 120 Å². The number of carboxylic acids is 1. The topological polar surface area (TPSA) is 59.0 Å². The number of ether oxygens (including phenoxy) is 2. The Morgan fingerprint density at radius 1 is 1.63 bits per heavy atom. The summed E-state index contributed by atoms with van der Waals surface area (Å²) < 4.78 is 11.3. The van der Waals surface area contributed by atoms with Crippen LogP contribution in [0, 0.1) is 0 Å². The van der Waals surface area contributed by atoms with Crippen LogP contribution in [-0.4, -0.2) is 48.9 Å². The van der Waals surface area contributed by atoms with Crippen molar-refractivity contribution in [3.63, 3.8) is 0 Å². The molecule has 1 saturated heterocycles. The summed E-state index contributed by atoms with van der Waals surface area (Å²) in [6.07, 6.45) is 0. The van der Waals surface area contributed by atoms with Gasteiger partial charge in [0, 0.05) is 13.1 Å². The zero-order valence-electron chi connectivity index (χ0n) is 10.6. The van der Waals surface area contributed by atoms with Gasteiger partial charge in [-0.3, -0.25) is 9.69 Å². The van der Waals surface area contributed by atoms with Crippen molar-refractivity contribution < 1.29 is 19.4 Å². The Morgan fingerprint density at radius 2 is 2.42 bits per heavy atom. The maximum absolute atomic E-state index is 11.2. The van der Waals surface area contributed by atoms with Crippen LogP contribution in [0.2, 0.25) is 0 Å². The number of hydrogen-bond acceptors (Lipinski definition) is 4. The van der Waals surface area contributed by atoms with Crippen molar-refractivity contribution in [3.8, 4) is 5.75 Å². The predicted octanol–water partition coefficient (Wildman–Crippen LogP) is 1.74. The molecule has 1 N–H and O–H groups in total. The fourth-order valence-corrected chi connectivity index (χ4v) is 2.69. The summed E-state index contributed by atoms with van der Waals surface area (Å²) in [6.45, 7) is 2.03. The first-order chi connectivity index (χ1) is 9.11. The molecule has 2 rings (SSSR count). The van der Waals surface area contributed by atoms with Gasteiger partial charge in [0.25, 0.3) is 0 Å². The van der Waals surface area contributed by atoms with Crippen LogP contribution in [0.25, 0.3) is 0 Å². The maximum Gasteiger partial charge on any atom is 0.323 e. The van der Waals surface area contributed by atoms with E-state index in [1.54, 1.807) is 7.11 Å². The van der Waals surface area contributed by atoms with Gasteiger partial charge in [0.1, 0.15) is 11.8 Å². The van der Waals surface area contributed by atoms with E-state index in [0.29, 0.717) is 19.7 Å². The van der Waals surface area contributed by atoms with E-state index >= 15 is 0 Å². The minimum absolute atomic E-state index is 0.243. The molecule has 0 bridgehead atoms. The number of nitrogens with zero attached hydrogens (tertiary/aromatic N) is 1. The van der Waals surface area contributed by atoms with E-state index in [9.17, 15) is 9.90 Å². The van der Waals surface area contributed by atoms with Crippen LogP contribution in [0.3, 0.4) is 0 Å². The molecule has 0 amide bonds. The van der Waals surface area contributed by atoms with Gasteiger partial charge >= 0.3 is 5.97 Å². The normalized spacial score (nSPS) is 20.2. The Bertz CT molecular complexity index is 466. The second-order valence-electron chi connectivity index (χ2n) is 4.37. The molecule has 1 aliphatic heterocycles. The first-order valence-corrected chi connectivity index (χ1v) is 6.78. The van der Waals surface area contributed by atoms with Gasteiger partial charge in [0.05, 0.1) is 24.8 Å². The fraction of sp³-hybridized carbons (Fsp3) is 0.462. The van der Waals surface area contributed by atoms with E-state index < -0.39 is 12.0 Å². The SMILES string of the molecule is COc1ccc(CN2CCOCC2C(=O)O)cc1Br. The van der Waals surface area contributed by atoms with E-state index in [1.165, 1.54) is 0 Å². The van der Waals surface area contributed by atoms with Crippen molar-refractivity contribution in [2.24, 2.45) is 0 Å². The molecule has 19 heavy (non-hydrogen) atoms. The van der Waals surface area contributed by atoms with Gasteiger partial charge < -0.3 is 14.6 Å². The Balaban J connectivity index is 2.10. The number of rotatable bonds is 4. The molecule has 6 heteroatoms. The summed E-state index contributed by atoms with van der Waals surface area (Å²) in [6, 6.07) is 5.19. The van der Waals surface area contributed by atoms with Gasteiger partial charge in [0.15, 0.2) is 0 Å². The number of halogens is 1. The Morgan fingerprint density at radius 3 is 3.05 bits per heavy atom.